The van der Waals surface area contributed by atoms with Crippen molar-refractivity contribution in [2.45, 2.75) is 104 Å². The first-order valence-corrected chi connectivity index (χ1v) is 16.4. The van der Waals surface area contributed by atoms with Crippen molar-refractivity contribution in [2.75, 3.05) is 0 Å². The molecule has 4 bridgehead atoms. The van der Waals surface area contributed by atoms with Gasteiger partial charge in [-0.15, -0.1) is 36.8 Å². The van der Waals surface area contributed by atoms with E-state index in [9.17, 15) is 0 Å². The first kappa shape index (κ1) is 38.3. The number of benzene rings is 2. The number of rotatable bonds is 0. The maximum Gasteiger partial charge on any atom is -0.358 e. The summed E-state index contributed by atoms with van der Waals surface area (Å²) in [4.78, 5) is 0. The first-order chi connectivity index (χ1) is 18.1. The Balaban J connectivity index is 0.000000349. The molecule has 0 spiro atoms. The van der Waals surface area contributed by atoms with Gasteiger partial charge in [0.05, 0.1) is 0 Å². The van der Waals surface area contributed by atoms with Crippen molar-refractivity contribution < 1.29 is 24.2 Å². The van der Waals surface area contributed by atoms with Gasteiger partial charge in [0, 0.05) is 0 Å². The minimum absolute atomic E-state index is 0. The molecule has 0 aromatic heterocycles. The van der Waals surface area contributed by atoms with Crippen LogP contribution in [0.25, 0.3) is 11.1 Å². The summed E-state index contributed by atoms with van der Waals surface area (Å²) >= 11 is 1.30. The molecule has 4 saturated carbocycles. The zero-order valence-electron chi connectivity index (χ0n) is 26.5. The zero-order valence-corrected chi connectivity index (χ0v) is 30.6. The number of fused-ring (bicyclic) bond motifs is 3. The summed E-state index contributed by atoms with van der Waals surface area (Å²) < 4.78 is 3.34. The second kappa shape index (κ2) is 16.4. The van der Waals surface area contributed by atoms with Gasteiger partial charge in [-0.05, 0) is 17.4 Å². The maximum absolute atomic E-state index is 3.53. The molecule has 0 N–H and O–H groups in total. The maximum atomic E-state index is 3.53. The summed E-state index contributed by atoms with van der Waals surface area (Å²) in [5.74, 6) is 5.35. The molecule has 6 aliphatic rings. The Morgan fingerprint density at radius 1 is 0.805 bits per heavy atom. The van der Waals surface area contributed by atoms with Crippen molar-refractivity contribution in [1.29, 1.82) is 0 Å². The molecule has 0 nitrogen and oxygen atoms in total. The van der Waals surface area contributed by atoms with Crippen LogP contribution in [0.4, 0.5) is 0 Å². The van der Waals surface area contributed by atoms with Gasteiger partial charge in [-0.25, -0.2) is 12.2 Å². The predicted molar refractivity (Wildman–Crippen MR) is 182 cm³/mol. The molecule has 2 aromatic rings. The molecule has 0 amide bonds. The van der Waals surface area contributed by atoms with E-state index in [-0.39, 0.29) is 43.1 Å². The van der Waals surface area contributed by atoms with Gasteiger partial charge < -0.3 is 13.3 Å². The van der Waals surface area contributed by atoms with Gasteiger partial charge >= 0.3 is 28.4 Å². The number of allylic oxidation sites excluding steroid dienone is 4. The summed E-state index contributed by atoms with van der Waals surface area (Å²) in [5.41, 5.74) is 8.76. The van der Waals surface area contributed by atoms with E-state index < -0.39 is 0 Å². The van der Waals surface area contributed by atoms with E-state index in [0.29, 0.717) is 0 Å². The summed E-state index contributed by atoms with van der Waals surface area (Å²) in [6.07, 6.45) is 20.3. The van der Waals surface area contributed by atoms with E-state index in [2.05, 4.69) is 94.3 Å². The second-order valence-corrected chi connectivity index (χ2v) is 14.0. The molecule has 0 unspecified atom stereocenters. The summed E-state index contributed by atoms with van der Waals surface area (Å²) in [6.45, 7) is 13.6. The Morgan fingerprint density at radius 3 is 1.76 bits per heavy atom. The van der Waals surface area contributed by atoms with Crippen LogP contribution >= 0.6 is 24.8 Å². The van der Waals surface area contributed by atoms with Crippen LogP contribution in [-0.4, -0.2) is 4.21 Å². The van der Waals surface area contributed by atoms with Crippen molar-refractivity contribution in [3.05, 3.63) is 96.3 Å². The minimum Gasteiger partial charge on any atom is -0.358 e. The van der Waals surface area contributed by atoms with Gasteiger partial charge in [-0.2, -0.15) is 54.7 Å². The van der Waals surface area contributed by atoms with Crippen molar-refractivity contribution >= 4 is 29.0 Å². The molecule has 0 atom stereocenters. The van der Waals surface area contributed by atoms with E-state index in [4.69, 9.17) is 0 Å². The molecule has 6 aliphatic carbocycles. The molecule has 4 fully saturated rings. The zero-order chi connectivity index (χ0) is 27.5. The number of hydrogen-bond donors (Lipinski definition) is 0. The van der Waals surface area contributed by atoms with E-state index in [0.717, 1.165) is 30.6 Å². The van der Waals surface area contributed by atoms with Gasteiger partial charge in [0.1, 0.15) is 0 Å². The van der Waals surface area contributed by atoms with Crippen molar-refractivity contribution in [2.24, 2.45) is 17.8 Å². The van der Waals surface area contributed by atoms with Crippen LogP contribution in [0.2, 0.25) is 0 Å². The third kappa shape index (κ3) is 9.88. The summed E-state index contributed by atoms with van der Waals surface area (Å²) in [5, 5.41) is 0. The Labute approximate surface area is 280 Å². The second-order valence-electron chi connectivity index (χ2n) is 14.0. The monoisotopic (exact) mass is 668 g/mol. The third-order valence-electron chi connectivity index (χ3n) is 8.84. The van der Waals surface area contributed by atoms with Gasteiger partial charge in [0.2, 0.25) is 0 Å². The number of halogens is 2. The molecule has 0 aliphatic heterocycles. The van der Waals surface area contributed by atoms with Gasteiger partial charge in [0.25, 0.3) is 0 Å². The van der Waals surface area contributed by atoms with Gasteiger partial charge in [0.15, 0.2) is 0 Å². The molecule has 3 heteroatoms. The fraction of sp³-hybridized carbons (Fsp3) is 0.500. The molecule has 0 radical (unpaired) electrons. The van der Waals surface area contributed by atoms with Crippen LogP contribution in [0.1, 0.15) is 109 Å². The van der Waals surface area contributed by atoms with E-state index in [1.807, 2.05) is 18.1 Å². The number of hydrogen-bond acceptors (Lipinski definition) is 0. The first-order valence-electron chi connectivity index (χ1n) is 14.7. The fourth-order valence-electron chi connectivity index (χ4n) is 7.00. The minimum atomic E-state index is 0. The Morgan fingerprint density at radius 2 is 1.34 bits per heavy atom. The SMILES string of the molecule is C1[C-]2CC3CC1CC(C2)C3.CC(C)(C)c1c[c-]c2c(c1)-c1cc(C(C)(C)C)ccc1C2.Cl.Cl.[C-]1=CC=CC1.[CH2]=[Zr].[CH3-]. The molecule has 226 valence electrons. The molecule has 41 heavy (non-hydrogen) atoms. The van der Waals surface area contributed by atoms with E-state index in [1.165, 1.54) is 76.9 Å². The largest absolute Gasteiger partial charge is 0.358 e. The van der Waals surface area contributed by atoms with Crippen LogP contribution in [0.15, 0.2) is 48.6 Å². The van der Waals surface area contributed by atoms with Crippen molar-refractivity contribution in [1.82, 2.24) is 0 Å². The molecular formula is C38H52Cl2Zr-4. The third-order valence-corrected chi connectivity index (χ3v) is 8.84. The standard InChI is InChI=1S/C21H25.C10H15.C5H5.CH3.CH2.2ClH.Zr/c1-20(2,3)16-9-7-14-11-15-8-10-17(21(4,5)6)13-19(15)18(14)12-16;1-7-2-9-4-8(1)5-10(3-7)6-9;1-2-4-5-3-1;;;;;/h7,9-10,12-13H,11H2,1-6H3;7-9H,1-6H2;1-3H,4H2;1H3;1H2;2*1H;/q4*-1;;;;. The van der Waals surface area contributed by atoms with Crippen molar-refractivity contribution in [3.8, 4) is 11.1 Å². The van der Waals surface area contributed by atoms with Crippen LogP contribution in [0.5, 0.6) is 0 Å². The molecule has 2 aromatic carbocycles. The topological polar surface area (TPSA) is 0 Å². The Bertz CT molecular complexity index is 1030. The van der Waals surface area contributed by atoms with Crippen LogP contribution in [0.3, 0.4) is 0 Å². The van der Waals surface area contributed by atoms with Gasteiger partial charge in [-0.3, -0.25) is 6.08 Å². The Kier molecular flexibility index (Phi) is 15.3. The molecule has 8 rings (SSSR count). The van der Waals surface area contributed by atoms with Gasteiger partial charge in [-0.1, -0.05) is 113 Å². The average Bonchev–Trinajstić information content (AvgIpc) is 3.55. The van der Waals surface area contributed by atoms with Crippen LogP contribution in [0, 0.1) is 43.2 Å². The fourth-order valence-corrected chi connectivity index (χ4v) is 7.00. The summed E-state index contributed by atoms with van der Waals surface area (Å²) in [7, 11) is 0. The smallest absolute Gasteiger partial charge is 0.358 e. The van der Waals surface area contributed by atoms with Crippen molar-refractivity contribution in [3.63, 3.8) is 0 Å². The normalized spacial score (nSPS) is 22.1. The van der Waals surface area contributed by atoms with Crippen LogP contribution in [-0.2, 0) is 41.5 Å². The quantitative estimate of drug-likeness (QED) is 0.209. The van der Waals surface area contributed by atoms with E-state index >= 15 is 0 Å². The van der Waals surface area contributed by atoms with E-state index in [1.54, 1.807) is 19.3 Å². The molecule has 0 heterocycles. The molecule has 0 saturated heterocycles. The average molecular weight is 671 g/mol. The Hall–Kier alpha value is -0.747. The predicted octanol–water partition coefficient (Wildman–Crippen LogP) is 11.0. The molecular weight excluding hydrogens is 619 g/mol. The van der Waals surface area contributed by atoms with Crippen LogP contribution < -0.4 is 0 Å². The summed E-state index contributed by atoms with van der Waals surface area (Å²) in [6, 6.07) is 15.1.